The highest BCUT2D eigenvalue weighted by Gasteiger charge is 2.14. The number of ketones is 1. The molecule has 1 aromatic rings. The van der Waals surface area contributed by atoms with Gasteiger partial charge in [0.1, 0.15) is 5.75 Å². The molecule has 0 amide bonds. The van der Waals surface area contributed by atoms with E-state index >= 15 is 0 Å². The van der Waals surface area contributed by atoms with E-state index in [9.17, 15) is 4.79 Å². The topological polar surface area (TPSA) is 26.3 Å². The quantitative estimate of drug-likeness (QED) is 0.592. The summed E-state index contributed by atoms with van der Waals surface area (Å²) in [5, 5.41) is 0. The van der Waals surface area contributed by atoms with Gasteiger partial charge in [0.15, 0.2) is 10.6 Å². The SMILES string of the molecule is COc1ccc(C(=O)C(Cl)Cl)cc1C. The predicted octanol–water partition coefficient (Wildman–Crippen LogP) is 2.99. The Kier molecular flexibility index (Phi) is 3.78. The van der Waals surface area contributed by atoms with Gasteiger partial charge in [-0.1, -0.05) is 23.2 Å². The van der Waals surface area contributed by atoms with Gasteiger partial charge in [-0.3, -0.25) is 4.79 Å². The minimum absolute atomic E-state index is 0.293. The molecule has 0 aliphatic rings. The van der Waals surface area contributed by atoms with Gasteiger partial charge in [0.05, 0.1) is 7.11 Å². The van der Waals surface area contributed by atoms with E-state index in [0.717, 1.165) is 11.3 Å². The number of hydrogen-bond acceptors (Lipinski definition) is 2. The van der Waals surface area contributed by atoms with Crippen molar-refractivity contribution in [2.45, 2.75) is 11.8 Å². The fraction of sp³-hybridized carbons (Fsp3) is 0.300. The molecular weight excluding hydrogens is 223 g/mol. The molecule has 0 fully saturated rings. The van der Waals surface area contributed by atoms with Crippen LogP contribution in [0, 0.1) is 6.92 Å². The second-order valence-corrected chi connectivity index (χ2v) is 3.95. The first kappa shape index (κ1) is 11.3. The molecule has 0 spiro atoms. The second-order valence-electron chi connectivity index (χ2n) is 2.85. The van der Waals surface area contributed by atoms with Crippen LogP contribution in [0.2, 0.25) is 0 Å². The lowest BCUT2D eigenvalue weighted by atomic mass is 10.1. The molecule has 14 heavy (non-hydrogen) atoms. The molecule has 76 valence electrons. The molecule has 0 heterocycles. The molecule has 0 radical (unpaired) electrons. The summed E-state index contributed by atoms with van der Waals surface area (Å²) in [6, 6.07) is 5.07. The molecular formula is C10H10Cl2O2. The van der Waals surface area contributed by atoms with Crippen LogP contribution in [-0.4, -0.2) is 17.7 Å². The molecule has 0 saturated heterocycles. The summed E-state index contributed by atoms with van der Waals surface area (Å²) >= 11 is 10.9. The van der Waals surface area contributed by atoms with Gasteiger partial charge in [-0.05, 0) is 30.7 Å². The third-order valence-corrected chi connectivity index (χ3v) is 2.27. The molecule has 1 rings (SSSR count). The van der Waals surface area contributed by atoms with E-state index in [1.54, 1.807) is 25.3 Å². The highest BCUT2D eigenvalue weighted by Crippen LogP contribution is 2.20. The van der Waals surface area contributed by atoms with Crippen molar-refractivity contribution in [3.63, 3.8) is 0 Å². The summed E-state index contributed by atoms with van der Waals surface area (Å²) in [5.74, 6) is 0.446. The third kappa shape index (κ3) is 2.40. The maximum atomic E-state index is 11.4. The Bertz CT molecular complexity index is 348. The average molecular weight is 233 g/mol. The van der Waals surface area contributed by atoms with Crippen molar-refractivity contribution in [1.29, 1.82) is 0 Å². The molecule has 0 N–H and O–H groups in total. The van der Waals surface area contributed by atoms with Crippen LogP contribution < -0.4 is 4.74 Å². The minimum Gasteiger partial charge on any atom is -0.496 e. The Hall–Kier alpha value is -0.730. The van der Waals surface area contributed by atoms with Gasteiger partial charge < -0.3 is 4.74 Å². The number of hydrogen-bond donors (Lipinski definition) is 0. The lowest BCUT2D eigenvalue weighted by molar-refractivity contribution is 0.101. The van der Waals surface area contributed by atoms with Crippen LogP contribution in [-0.2, 0) is 0 Å². The Morgan fingerprint density at radius 3 is 2.50 bits per heavy atom. The highest BCUT2D eigenvalue weighted by molar-refractivity contribution is 6.55. The van der Waals surface area contributed by atoms with Crippen molar-refractivity contribution >= 4 is 29.0 Å². The van der Waals surface area contributed by atoms with Gasteiger partial charge in [0.2, 0.25) is 0 Å². The van der Waals surface area contributed by atoms with Gasteiger partial charge in [0.25, 0.3) is 0 Å². The fourth-order valence-corrected chi connectivity index (χ4v) is 1.41. The van der Waals surface area contributed by atoms with E-state index in [2.05, 4.69) is 0 Å². The lowest BCUT2D eigenvalue weighted by Crippen LogP contribution is -2.08. The van der Waals surface area contributed by atoms with Crippen molar-refractivity contribution in [1.82, 2.24) is 0 Å². The van der Waals surface area contributed by atoms with Gasteiger partial charge in [-0.25, -0.2) is 0 Å². The van der Waals surface area contributed by atoms with Crippen molar-refractivity contribution in [2.24, 2.45) is 0 Å². The monoisotopic (exact) mass is 232 g/mol. The minimum atomic E-state index is -1.01. The molecule has 0 saturated carbocycles. The average Bonchev–Trinajstić information content (AvgIpc) is 2.16. The number of aryl methyl sites for hydroxylation is 1. The van der Waals surface area contributed by atoms with E-state index in [-0.39, 0.29) is 5.78 Å². The molecule has 0 bridgehead atoms. The van der Waals surface area contributed by atoms with E-state index in [1.807, 2.05) is 6.92 Å². The largest absolute Gasteiger partial charge is 0.496 e. The standard InChI is InChI=1S/C10H10Cl2O2/c1-6-5-7(9(13)10(11)12)3-4-8(6)14-2/h3-5,10H,1-2H3. The molecule has 0 atom stereocenters. The van der Waals surface area contributed by atoms with Gasteiger partial charge >= 0.3 is 0 Å². The van der Waals surface area contributed by atoms with Crippen LogP contribution in [0.4, 0.5) is 0 Å². The summed E-state index contributed by atoms with van der Waals surface area (Å²) in [4.78, 5) is 10.4. The lowest BCUT2D eigenvalue weighted by Gasteiger charge is -2.06. The second kappa shape index (κ2) is 4.67. The first-order chi connectivity index (χ1) is 6.56. The normalized spacial score (nSPS) is 10.4. The molecule has 0 aliphatic carbocycles. The number of Topliss-reactive ketones (excluding diaryl/α,β-unsaturated/α-hetero) is 1. The summed E-state index contributed by atoms with van der Waals surface area (Å²) in [6.45, 7) is 1.85. The number of carbonyl (C=O) groups is 1. The summed E-state index contributed by atoms with van der Waals surface area (Å²) in [5.41, 5.74) is 1.38. The number of benzene rings is 1. The van der Waals surface area contributed by atoms with Crippen LogP contribution in [0.3, 0.4) is 0 Å². The Labute approximate surface area is 92.8 Å². The zero-order valence-electron chi connectivity index (χ0n) is 7.88. The van der Waals surface area contributed by atoms with Gasteiger partial charge in [-0.15, -0.1) is 0 Å². The zero-order valence-corrected chi connectivity index (χ0v) is 9.39. The Balaban J connectivity index is 3.03. The number of carbonyl (C=O) groups excluding carboxylic acids is 1. The number of ether oxygens (including phenoxy) is 1. The molecule has 1 aromatic carbocycles. The number of alkyl halides is 2. The smallest absolute Gasteiger partial charge is 0.195 e. The summed E-state index contributed by atoms with van der Waals surface area (Å²) in [6.07, 6.45) is 0. The molecule has 4 heteroatoms. The maximum Gasteiger partial charge on any atom is 0.195 e. The van der Waals surface area contributed by atoms with Crippen LogP contribution >= 0.6 is 23.2 Å². The van der Waals surface area contributed by atoms with E-state index in [4.69, 9.17) is 27.9 Å². The third-order valence-electron chi connectivity index (χ3n) is 1.88. The molecule has 2 nitrogen and oxygen atoms in total. The van der Waals surface area contributed by atoms with Crippen molar-refractivity contribution in [2.75, 3.05) is 7.11 Å². The summed E-state index contributed by atoms with van der Waals surface area (Å²) in [7, 11) is 1.58. The molecule has 0 aromatic heterocycles. The van der Waals surface area contributed by atoms with Crippen molar-refractivity contribution in [3.05, 3.63) is 29.3 Å². The first-order valence-corrected chi connectivity index (χ1v) is 4.90. The van der Waals surface area contributed by atoms with Crippen LogP contribution in [0.5, 0.6) is 5.75 Å². The van der Waals surface area contributed by atoms with Crippen molar-refractivity contribution in [3.8, 4) is 5.75 Å². The zero-order chi connectivity index (χ0) is 10.7. The Morgan fingerprint density at radius 1 is 1.43 bits per heavy atom. The van der Waals surface area contributed by atoms with Crippen LogP contribution in [0.1, 0.15) is 15.9 Å². The van der Waals surface area contributed by atoms with E-state index in [0.29, 0.717) is 5.56 Å². The van der Waals surface area contributed by atoms with Crippen LogP contribution in [0.25, 0.3) is 0 Å². The number of halogens is 2. The van der Waals surface area contributed by atoms with Gasteiger partial charge in [0, 0.05) is 5.56 Å². The van der Waals surface area contributed by atoms with Crippen LogP contribution in [0.15, 0.2) is 18.2 Å². The van der Waals surface area contributed by atoms with E-state index < -0.39 is 4.84 Å². The fourth-order valence-electron chi connectivity index (χ4n) is 1.16. The number of methoxy groups -OCH3 is 1. The number of rotatable bonds is 3. The Morgan fingerprint density at radius 2 is 2.07 bits per heavy atom. The first-order valence-electron chi connectivity index (χ1n) is 4.03. The van der Waals surface area contributed by atoms with Gasteiger partial charge in [-0.2, -0.15) is 0 Å². The molecule has 0 unspecified atom stereocenters. The maximum absolute atomic E-state index is 11.4. The highest BCUT2D eigenvalue weighted by atomic mass is 35.5. The van der Waals surface area contributed by atoms with E-state index in [1.165, 1.54) is 0 Å². The van der Waals surface area contributed by atoms with Crippen molar-refractivity contribution < 1.29 is 9.53 Å². The molecule has 0 aliphatic heterocycles. The summed E-state index contributed by atoms with van der Waals surface area (Å²) < 4.78 is 5.06. The predicted molar refractivity (Wildman–Crippen MR) is 57.6 cm³/mol.